The molecule has 0 N–H and O–H groups in total. The van der Waals surface area contributed by atoms with Crippen LogP contribution in [-0.4, -0.2) is 19.1 Å². The third kappa shape index (κ3) is 5.21. The Morgan fingerprint density at radius 2 is 2.22 bits per heavy atom. The molecule has 0 amide bonds. The van der Waals surface area contributed by atoms with Crippen LogP contribution < -0.4 is 0 Å². The standard InChI is InChI=1S/C7H14N2/c1-4-5-7(2)9-6-8-3/h6H,4-5H2,1-3H3. The van der Waals surface area contributed by atoms with Crippen molar-refractivity contribution in [1.82, 2.24) is 0 Å². The van der Waals surface area contributed by atoms with Gasteiger partial charge in [0.2, 0.25) is 0 Å². The molecule has 0 aliphatic heterocycles. The van der Waals surface area contributed by atoms with Crippen LogP contribution in [0.2, 0.25) is 0 Å². The van der Waals surface area contributed by atoms with Gasteiger partial charge in [-0.05, 0) is 13.3 Å². The van der Waals surface area contributed by atoms with Gasteiger partial charge in [-0.15, -0.1) is 0 Å². The fourth-order valence-electron chi connectivity index (χ4n) is 0.583. The Labute approximate surface area is 56.7 Å². The second-order valence-electron chi connectivity index (χ2n) is 1.99. The Morgan fingerprint density at radius 1 is 1.56 bits per heavy atom. The predicted octanol–water partition coefficient (Wildman–Crippen LogP) is 1.91. The van der Waals surface area contributed by atoms with Crippen LogP contribution in [0.1, 0.15) is 26.7 Å². The van der Waals surface area contributed by atoms with Gasteiger partial charge in [-0.2, -0.15) is 0 Å². The molecule has 52 valence electrons. The van der Waals surface area contributed by atoms with Crippen LogP contribution in [0.4, 0.5) is 0 Å². The minimum Gasteiger partial charge on any atom is -0.277 e. The lowest BCUT2D eigenvalue weighted by Crippen LogP contribution is -1.88. The fourth-order valence-corrected chi connectivity index (χ4v) is 0.583. The fraction of sp³-hybridized carbons (Fsp3) is 0.714. The molecule has 0 radical (unpaired) electrons. The van der Waals surface area contributed by atoms with Crippen LogP contribution in [0, 0.1) is 0 Å². The lowest BCUT2D eigenvalue weighted by molar-refractivity contribution is 0.990. The van der Waals surface area contributed by atoms with Crippen LogP contribution in [0.15, 0.2) is 9.98 Å². The molecule has 2 nitrogen and oxygen atoms in total. The van der Waals surface area contributed by atoms with Crippen molar-refractivity contribution in [3.63, 3.8) is 0 Å². The second-order valence-corrected chi connectivity index (χ2v) is 1.99. The Morgan fingerprint density at radius 3 is 2.67 bits per heavy atom. The molecule has 0 saturated heterocycles. The maximum Gasteiger partial charge on any atom is 0.109 e. The molecule has 0 rings (SSSR count). The number of aliphatic imine (C=N–C) groups is 2. The van der Waals surface area contributed by atoms with Gasteiger partial charge >= 0.3 is 0 Å². The van der Waals surface area contributed by atoms with Crippen molar-refractivity contribution in [2.45, 2.75) is 26.7 Å². The van der Waals surface area contributed by atoms with E-state index in [4.69, 9.17) is 0 Å². The normalized spacial score (nSPS) is 13.0. The first-order valence-corrected chi connectivity index (χ1v) is 3.25. The minimum atomic E-state index is 1.08. The van der Waals surface area contributed by atoms with Crippen LogP contribution in [0.3, 0.4) is 0 Å². The zero-order chi connectivity index (χ0) is 7.11. The van der Waals surface area contributed by atoms with Gasteiger partial charge in [0, 0.05) is 12.8 Å². The third-order valence-corrected chi connectivity index (χ3v) is 1.01. The van der Waals surface area contributed by atoms with Gasteiger partial charge in [-0.25, -0.2) is 4.99 Å². The number of hydrogen-bond donors (Lipinski definition) is 0. The largest absolute Gasteiger partial charge is 0.277 e. The van der Waals surface area contributed by atoms with Crippen molar-refractivity contribution in [2.24, 2.45) is 9.98 Å². The predicted molar refractivity (Wildman–Crippen MR) is 42.4 cm³/mol. The second kappa shape index (κ2) is 5.48. The maximum atomic E-state index is 4.06. The van der Waals surface area contributed by atoms with Gasteiger partial charge < -0.3 is 0 Å². The van der Waals surface area contributed by atoms with Crippen molar-refractivity contribution in [3.05, 3.63) is 0 Å². The molecular weight excluding hydrogens is 112 g/mol. The van der Waals surface area contributed by atoms with E-state index in [0.29, 0.717) is 0 Å². The minimum absolute atomic E-state index is 1.08. The van der Waals surface area contributed by atoms with Gasteiger partial charge in [-0.1, -0.05) is 13.3 Å². The highest BCUT2D eigenvalue weighted by molar-refractivity contribution is 5.88. The Bertz CT molecular complexity index is 114. The van der Waals surface area contributed by atoms with Gasteiger partial charge in [0.15, 0.2) is 0 Å². The van der Waals surface area contributed by atoms with Crippen molar-refractivity contribution in [3.8, 4) is 0 Å². The molecule has 0 aliphatic carbocycles. The number of nitrogens with zero attached hydrogens (tertiary/aromatic N) is 2. The summed E-state index contributed by atoms with van der Waals surface area (Å²) in [6.45, 7) is 4.16. The molecule has 0 unspecified atom stereocenters. The summed E-state index contributed by atoms with van der Waals surface area (Å²) in [4.78, 5) is 7.80. The lowest BCUT2D eigenvalue weighted by Gasteiger charge is -1.90. The van der Waals surface area contributed by atoms with E-state index in [1.165, 1.54) is 0 Å². The SMILES string of the molecule is CCCC(C)=NC=NC. The van der Waals surface area contributed by atoms with Crippen LogP contribution in [0.5, 0.6) is 0 Å². The summed E-state index contributed by atoms with van der Waals surface area (Å²) in [6.07, 6.45) is 3.82. The Kier molecular flexibility index (Phi) is 5.07. The summed E-state index contributed by atoms with van der Waals surface area (Å²) in [5.74, 6) is 0. The van der Waals surface area contributed by atoms with Gasteiger partial charge in [0.1, 0.15) is 6.34 Å². The first kappa shape index (κ1) is 8.34. The van der Waals surface area contributed by atoms with Gasteiger partial charge in [-0.3, -0.25) is 4.99 Å². The molecule has 0 aromatic carbocycles. The van der Waals surface area contributed by atoms with Crippen molar-refractivity contribution in [2.75, 3.05) is 7.05 Å². The smallest absolute Gasteiger partial charge is 0.109 e. The maximum absolute atomic E-state index is 4.06. The van der Waals surface area contributed by atoms with Gasteiger partial charge in [0.25, 0.3) is 0 Å². The first-order valence-electron chi connectivity index (χ1n) is 3.25. The highest BCUT2D eigenvalue weighted by Gasteiger charge is 1.83. The summed E-state index contributed by atoms with van der Waals surface area (Å²) in [5.41, 5.74) is 1.16. The molecule has 0 aromatic heterocycles. The summed E-state index contributed by atoms with van der Waals surface area (Å²) in [6, 6.07) is 0. The van der Waals surface area contributed by atoms with Crippen LogP contribution in [0.25, 0.3) is 0 Å². The monoisotopic (exact) mass is 126 g/mol. The molecule has 2 heteroatoms. The van der Waals surface area contributed by atoms with E-state index in [1.54, 1.807) is 13.4 Å². The van der Waals surface area contributed by atoms with E-state index < -0.39 is 0 Å². The van der Waals surface area contributed by atoms with E-state index in [0.717, 1.165) is 18.6 Å². The van der Waals surface area contributed by atoms with Crippen molar-refractivity contribution < 1.29 is 0 Å². The van der Waals surface area contributed by atoms with E-state index >= 15 is 0 Å². The van der Waals surface area contributed by atoms with Gasteiger partial charge in [0.05, 0.1) is 0 Å². The molecule has 0 saturated carbocycles. The van der Waals surface area contributed by atoms with Crippen LogP contribution in [-0.2, 0) is 0 Å². The third-order valence-electron chi connectivity index (χ3n) is 1.01. The van der Waals surface area contributed by atoms with E-state index in [2.05, 4.69) is 16.9 Å². The molecule has 0 aliphatic rings. The van der Waals surface area contributed by atoms with E-state index in [9.17, 15) is 0 Å². The molecule has 0 aromatic rings. The molecule has 0 bridgehead atoms. The highest BCUT2D eigenvalue weighted by Crippen LogP contribution is 1.89. The molecule has 0 heterocycles. The Balaban J connectivity index is 3.55. The van der Waals surface area contributed by atoms with E-state index in [1.807, 2.05) is 6.92 Å². The van der Waals surface area contributed by atoms with Crippen molar-refractivity contribution in [1.29, 1.82) is 0 Å². The quantitative estimate of drug-likeness (QED) is 0.407. The summed E-state index contributed by atoms with van der Waals surface area (Å²) < 4.78 is 0. The average molecular weight is 126 g/mol. The topological polar surface area (TPSA) is 24.7 Å². The number of rotatable bonds is 3. The number of hydrogen-bond acceptors (Lipinski definition) is 1. The van der Waals surface area contributed by atoms with Crippen molar-refractivity contribution >= 4 is 12.1 Å². The molecule has 0 atom stereocenters. The summed E-state index contributed by atoms with van der Waals surface area (Å²) in [5, 5.41) is 0. The summed E-state index contributed by atoms with van der Waals surface area (Å²) in [7, 11) is 1.72. The van der Waals surface area contributed by atoms with E-state index in [-0.39, 0.29) is 0 Å². The molecule has 9 heavy (non-hydrogen) atoms. The summed E-state index contributed by atoms with van der Waals surface area (Å²) >= 11 is 0. The Hall–Kier alpha value is -0.660. The molecule has 0 fully saturated rings. The molecular formula is C7H14N2. The zero-order valence-electron chi connectivity index (χ0n) is 6.39. The zero-order valence-corrected chi connectivity index (χ0v) is 6.39. The highest BCUT2D eigenvalue weighted by atomic mass is 14.8. The lowest BCUT2D eigenvalue weighted by atomic mass is 10.2. The average Bonchev–Trinajstić information content (AvgIpc) is 1.85. The molecule has 0 spiro atoms. The first-order chi connectivity index (χ1) is 4.31. The van der Waals surface area contributed by atoms with Crippen LogP contribution >= 0.6 is 0 Å².